The van der Waals surface area contributed by atoms with Crippen molar-refractivity contribution in [1.29, 1.82) is 0 Å². The lowest BCUT2D eigenvalue weighted by Gasteiger charge is -2.13. The van der Waals surface area contributed by atoms with E-state index in [9.17, 15) is 12.8 Å². The molecule has 2 aromatic rings. The third kappa shape index (κ3) is 2.78. The number of sulfone groups is 1. The minimum Gasteiger partial charge on any atom is -0.497 e. The Morgan fingerprint density at radius 2 is 1.55 bits per heavy atom. The first-order valence-corrected chi connectivity index (χ1v) is 8.03. The van der Waals surface area contributed by atoms with Gasteiger partial charge >= 0.3 is 0 Å². The van der Waals surface area contributed by atoms with Gasteiger partial charge in [0.05, 0.1) is 19.1 Å². The average molecular weight is 324 g/mol. The van der Waals surface area contributed by atoms with Gasteiger partial charge in [0, 0.05) is 6.07 Å². The largest absolute Gasteiger partial charge is 0.497 e. The molecule has 0 unspecified atom stereocenters. The van der Waals surface area contributed by atoms with E-state index >= 15 is 0 Å². The Morgan fingerprint density at radius 3 is 2.05 bits per heavy atom. The van der Waals surface area contributed by atoms with Crippen LogP contribution in [0.25, 0.3) is 0 Å². The highest BCUT2D eigenvalue weighted by Crippen LogP contribution is 2.33. The van der Waals surface area contributed by atoms with Gasteiger partial charge in [-0.15, -0.1) is 0 Å². The molecule has 0 N–H and O–H groups in total. The number of rotatable bonds is 4. The Kier molecular flexibility index (Phi) is 4.42. The van der Waals surface area contributed by atoms with Crippen LogP contribution in [0.2, 0.25) is 0 Å². The summed E-state index contributed by atoms with van der Waals surface area (Å²) in [6.07, 6.45) is 0. The van der Waals surface area contributed by atoms with Gasteiger partial charge in [-0.25, -0.2) is 12.8 Å². The molecular weight excluding hydrogens is 307 g/mol. The fraction of sp³-hybridized carbons (Fsp3) is 0.250. The van der Waals surface area contributed by atoms with Crippen molar-refractivity contribution in [2.75, 3.05) is 14.2 Å². The van der Waals surface area contributed by atoms with Crippen molar-refractivity contribution in [1.82, 2.24) is 0 Å². The van der Waals surface area contributed by atoms with E-state index in [1.807, 2.05) is 0 Å². The van der Waals surface area contributed by atoms with Crippen molar-refractivity contribution in [3.05, 3.63) is 47.3 Å². The summed E-state index contributed by atoms with van der Waals surface area (Å²) in [7, 11) is -1.01. The Labute approximate surface area is 129 Å². The van der Waals surface area contributed by atoms with Gasteiger partial charge in [-0.1, -0.05) is 0 Å². The summed E-state index contributed by atoms with van der Waals surface area (Å²) in [4.78, 5) is 0.00945. The highest BCUT2D eigenvalue weighted by atomic mass is 32.2. The standard InChI is InChI=1S/C16H17FO4S/c1-10-7-13(8-11(2)16(10)17)22(18,19)15-9-12(20-3)5-6-14(15)21-4/h5-9H,1-4H3. The molecule has 22 heavy (non-hydrogen) atoms. The van der Waals surface area contributed by atoms with Gasteiger partial charge in [0.25, 0.3) is 0 Å². The van der Waals surface area contributed by atoms with Crippen molar-refractivity contribution < 1.29 is 22.3 Å². The normalized spacial score (nSPS) is 11.3. The van der Waals surface area contributed by atoms with Gasteiger partial charge in [-0.3, -0.25) is 0 Å². The maximum atomic E-state index is 13.7. The Bertz CT molecular complexity index is 790. The molecule has 4 nitrogen and oxygen atoms in total. The van der Waals surface area contributed by atoms with E-state index in [4.69, 9.17) is 9.47 Å². The van der Waals surface area contributed by atoms with Crippen LogP contribution in [0.4, 0.5) is 4.39 Å². The molecule has 2 aromatic carbocycles. The fourth-order valence-electron chi connectivity index (χ4n) is 2.18. The Balaban J connectivity index is 2.70. The van der Waals surface area contributed by atoms with Gasteiger partial charge in [0.1, 0.15) is 22.2 Å². The van der Waals surface area contributed by atoms with Gasteiger partial charge in [0.15, 0.2) is 0 Å². The summed E-state index contributed by atoms with van der Waals surface area (Å²) in [6.45, 7) is 3.06. The minimum atomic E-state index is -3.85. The number of ether oxygens (including phenoxy) is 2. The molecular formula is C16H17FO4S. The molecule has 0 atom stereocenters. The quantitative estimate of drug-likeness (QED) is 0.810. The lowest BCUT2D eigenvalue weighted by atomic mass is 10.1. The molecule has 2 rings (SSSR count). The molecule has 118 valence electrons. The molecule has 0 heterocycles. The lowest BCUT2D eigenvalue weighted by Crippen LogP contribution is -2.06. The smallest absolute Gasteiger partial charge is 0.210 e. The summed E-state index contributed by atoms with van der Waals surface area (Å²) in [5, 5.41) is 0. The zero-order valence-electron chi connectivity index (χ0n) is 12.8. The van der Waals surface area contributed by atoms with Crippen LogP contribution >= 0.6 is 0 Å². The van der Waals surface area contributed by atoms with Crippen LogP contribution in [0.5, 0.6) is 11.5 Å². The molecule has 0 fully saturated rings. The highest BCUT2D eigenvalue weighted by molar-refractivity contribution is 7.91. The second-order valence-electron chi connectivity index (χ2n) is 4.89. The molecule has 6 heteroatoms. The molecule has 0 aliphatic rings. The number of hydrogen-bond acceptors (Lipinski definition) is 4. The Hall–Kier alpha value is -2.08. The highest BCUT2D eigenvalue weighted by Gasteiger charge is 2.24. The molecule has 0 saturated heterocycles. The van der Waals surface area contributed by atoms with Gasteiger partial charge in [-0.2, -0.15) is 0 Å². The first kappa shape index (κ1) is 16.3. The van der Waals surface area contributed by atoms with E-state index in [0.29, 0.717) is 5.75 Å². The van der Waals surface area contributed by atoms with E-state index in [2.05, 4.69) is 0 Å². The second-order valence-corrected chi connectivity index (χ2v) is 6.81. The summed E-state index contributed by atoms with van der Waals surface area (Å²) in [5.41, 5.74) is 0.556. The SMILES string of the molecule is COc1ccc(OC)c(S(=O)(=O)c2cc(C)c(F)c(C)c2)c1. The Morgan fingerprint density at radius 1 is 0.955 bits per heavy atom. The van der Waals surface area contributed by atoms with Crippen molar-refractivity contribution in [3.63, 3.8) is 0 Å². The van der Waals surface area contributed by atoms with Gasteiger partial charge in [0.2, 0.25) is 9.84 Å². The molecule has 0 amide bonds. The molecule has 0 aromatic heterocycles. The first-order chi connectivity index (χ1) is 10.3. The summed E-state index contributed by atoms with van der Waals surface area (Å²) >= 11 is 0. The van der Waals surface area contributed by atoms with Crippen LogP contribution in [-0.4, -0.2) is 22.6 Å². The molecule has 0 saturated carbocycles. The van der Waals surface area contributed by atoms with Crippen molar-refractivity contribution in [2.45, 2.75) is 23.6 Å². The van der Waals surface area contributed by atoms with Crippen LogP contribution in [-0.2, 0) is 9.84 Å². The van der Waals surface area contributed by atoms with Crippen LogP contribution < -0.4 is 9.47 Å². The van der Waals surface area contributed by atoms with Gasteiger partial charge in [-0.05, 0) is 49.2 Å². The molecule has 0 aliphatic carbocycles. The number of methoxy groups -OCH3 is 2. The summed E-state index contributed by atoms with van der Waals surface area (Å²) in [5.74, 6) is 0.201. The third-order valence-corrected chi connectivity index (χ3v) is 5.13. The average Bonchev–Trinajstić information content (AvgIpc) is 2.51. The second kappa shape index (κ2) is 5.96. The monoisotopic (exact) mass is 324 g/mol. The van der Waals surface area contributed by atoms with Crippen LogP contribution in [0, 0.1) is 19.7 Å². The lowest BCUT2D eigenvalue weighted by molar-refractivity contribution is 0.392. The predicted molar refractivity (Wildman–Crippen MR) is 80.9 cm³/mol. The van der Waals surface area contributed by atoms with Crippen molar-refractivity contribution in [2.24, 2.45) is 0 Å². The van der Waals surface area contributed by atoms with E-state index in [1.165, 1.54) is 52.3 Å². The first-order valence-electron chi connectivity index (χ1n) is 6.55. The van der Waals surface area contributed by atoms with Gasteiger partial charge < -0.3 is 9.47 Å². The number of aryl methyl sites for hydroxylation is 2. The number of hydrogen-bond donors (Lipinski definition) is 0. The molecule has 0 radical (unpaired) electrons. The fourth-order valence-corrected chi connectivity index (χ4v) is 3.79. The zero-order chi connectivity index (χ0) is 16.5. The van der Waals surface area contributed by atoms with E-state index < -0.39 is 15.7 Å². The number of halogens is 1. The maximum Gasteiger partial charge on any atom is 0.210 e. The van der Waals surface area contributed by atoms with Crippen molar-refractivity contribution in [3.8, 4) is 11.5 Å². The van der Waals surface area contributed by atoms with Crippen LogP contribution in [0.1, 0.15) is 11.1 Å². The van der Waals surface area contributed by atoms with E-state index in [-0.39, 0.29) is 26.7 Å². The topological polar surface area (TPSA) is 52.6 Å². The minimum absolute atomic E-state index is 0.0141. The summed E-state index contributed by atoms with van der Waals surface area (Å²) < 4.78 is 49.6. The molecule has 0 aliphatic heterocycles. The molecule has 0 bridgehead atoms. The zero-order valence-corrected chi connectivity index (χ0v) is 13.6. The molecule has 0 spiro atoms. The van der Waals surface area contributed by atoms with Crippen LogP contribution in [0.3, 0.4) is 0 Å². The predicted octanol–water partition coefficient (Wildman–Crippen LogP) is 3.29. The van der Waals surface area contributed by atoms with Crippen LogP contribution in [0.15, 0.2) is 40.1 Å². The van der Waals surface area contributed by atoms with E-state index in [0.717, 1.165) is 0 Å². The third-order valence-electron chi connectivity index (χ3n) is 3.38. The van der Waals surface area contributed by atoms with Crippen molar-refractivity contribution >= 4 is 9.84 Å². The maximum absolute atomic E-state index is 13.7. The summed E-state index contributed by atoms with van der Waals surface area (Å²) in [6, 6.07) is 7.16. The number of benzene rings is 2. The van der Waals surface area contributed by atoms with E-state index in [1.54, 1.807) is 6.07 Å².